The quantitative estimate of drug-likeness (QED) is 0.663. The third-order valence-electron chi connectivity index (χ3n) is 5.51. The normalized spacial score (nSPS) is 17.0. The summed E-state index contributed by atoms with van der Waals surface area (Å²) in [5.41, 5.74) is 2.67. The van der Waals surface area contributed by atoms with Gasteiger partial charge in [0, 0.05) is 37.4 Å². The van der Waals surface area contributed by atoms with Gasteiger partial charge in [0.1, 0.15) is 0 Å². The van der Waals surface area contributed by atoms with Crippen molar-refractivity contribution in [1.29, 1.82) is 0 Å². The Morgan fingerprint density at radius 1 is 1.14 bits per heavy atom. The third kappa shape index (κ3) is 6.67. The van der Waals surface area contributed by atoms with Gasteiger partial charge in [0.15, 0.2) is 0 Å². The van der Waals surface area contributed by atoms with E-state index in [1.54, 1.807) is 0 Å². The van der Waals surface area contributed by atoms with Crippen molar-refractivity contribution in [2.75, 3.05) is 44.6 Å². The van der Waals surface area contributed by atoms with Gasteiger partial charge >= 0.3 is 0 Å². The van der Waals surface area contributed by atoms with Gasteiger partial charge in [-0.05, 0) is 49.3 Å². The minimum Gasteiger partial charge on any atom is -0.376 e. The lowest BCUT2D eigenvalue weighted by Gasteiger charge is -2.20. The van der Waals surface area contributed by atoms with Crippen LogP contribution in [0.2, 0.25) is 0 Å². The molecule has 1 amide bonds. The second-order valence-electron chi connectivity index (χ2n) is 7.56. The summed E-state index contributed by atoms with van der Waals surface area (Å²) in [5, 5.41) is 2.95. The van der Waals surface area contributed by atoms with Crippen molar-refractivity contribution in [3.63, 3.8) is 0 Å². The Labute approximate surface area is 174 Å². The van der Waals surface area contributed by atoms with Crippen LogP contribution in [-0.2, 0) is 11.3 Å². The highest BCUT2D eigenvalue weighted by atomic mass is 16.5. The van der Waals surface area contributed by atoms with E-state index in [4.69, 9.17) is 4.74 Å². The van der Waals surface area contributed by atoms with Crippen LogP contribution in [0.25, 0.3) is 0 Å². The van der Waals surface area contributed by atoms with E-state index in [-0.39, 0.29) is 5.91 Å². The first-order chi connectivity index (χ1) is 14.2. The molecule has 0 spiro atoms. The van der Waals surface area contributed by atoms with E-state index in [1.807, 2.05) is 48.5 Å². The lowest BCUT2D eigenvalue weighted by atomic mass is 10.1. The lowest BCUT2D eigenvalue weighted by molar-refractivity contribution is 0.0439. The largest absolute Gasteiger partial charge is 0.376 e. The summed E-state index contributed by atoms with van der Waals surface area (Å²) in [6.07, 6.45) is 1.39. The van der Waals surface area contributed by atoms with Crippen LogP contribution in [-0.4, -0.2) is 61.1 Å². The maximum Gasteiger partial charge on any atom is 0.255 e. The number of hydrogen-bond donors (Lipinski definition) is 1. The van der Waals surface area contributed by atoms with Crippen molar-refractivity contribution in [2.45, 2.75) is 32.9 Å². The van der Waals surface area contributed by atoms with Gasteiger partial charge < -0.3 is 15.0 Å². The summed E-state index contributed by atoms with van der Waals surface area (Å²) in [6, 6.07) is 17.5. The zero-order chi connectivity index (χ0) is 20.5. The first-order valence-electron chi connectivity index (χ1n) is 10.7. The van der Waals surface area contributed by atoms with Gasteiger partial charge in [0.25, 0.3) is 5.91 Å². The van der Waals surface area contributed by atoms with E-state index >= 15 is 0 Å². The molecule has 0 saturated carbocycles. The molecule has 3 rings (SSSR count). The Bertz CT molecular complexity index is 762. The number of ether oxygens (including phenoxy) is 1. The number of para-hydroxylation sites is 1. The van der Waals surface area contributed by atoms with Crippen LogP contribution in [0.1, 0.15) is 36.2 Å². The molecule has 0 radical (unpaired) electrons. The SMILES string of the molecule is CCN(CC)CCO[C@H]1CCN(Cc2cccc(C(=O)Nc3ccccc3)c2)C1. The molecule has 1 atom stereocenters. The number of amides is 1. The molecule has 29 heavy (non-hydrogen) atoms. The number of anilines is 1. The maximum absolute atomic E-state index is 12.5. The number of likely N-dealkylation sites (N-methyl/N-ethyl adjacent to an activating group) is 1. The van der Waals surface area contributed by atoms with Crippen molar-refractivity contribution in [3.05, 3.63) is 65.7 Å². The van der Waals surface area contributed by atoms with E-state index in [0.29, 0.717) is 11.7 Å². The summed E-state index contributed by atoms with van der Waals surface area (Å²) >= 11 is 0. The topological polar surface area (TPSA) is 44.8 Å². The van der Waals surface area contributed by atoms with E-state index in [2.05, 4.69) is 35.0 Å². The molecule has 0 aliphatic carbocycles. The predicted octanol–water partition coefficient (Wildman–Crippen LogP) is 3.87. The van der Waals surface area contributed by atoms with Gasteiger partial charge in [-0.3, -0.25) is 9.69 Å². The van der Waals surface area contributed by atoms with Crippen LogP contribution < -0.4 is 5.32 Å². The zero-order valence-electron chi connectivity index (χ0n) is 17.6. The van der Waals surface area contributed by atoms with E-state index in [0.717, 1.165) is 63.5 Å². The number of rotatable bonds is 10. The first-order valence-corrected chi connectivity index (χ1v) is 10.7. The average molecular weight is 396 g/mol. The highest BCUT2D eigenvalue weighted by Gasteiger charge is 2.23. The molecule has 156 valence electrons. The smallest absolute Gasteiger partial charge is 0.255 e. The molecule has 1 N–H and O–H groups in total. The summed E-state index contributed by atoms with van der Waals surface area (Å²) in [7, 11) is 0. The summed E-state index contributed by atoms with van der Waals surface area (Å²) in [4.78, 5) is 17.3. The van der Waals surface area contributed by atoms with Crippen LogP contribution in [0.3, 0.4) is 0 Å². The zero-order valence-corrected chi connectivity index (χ0v) is 17.6. The van der Waals surface area contributed by atoms with Gasteiger partial charge in [-0.25, -0.2) is 0 Å². The first kappa shape index (κ1) is 21.5. The number of benzene rings is 2. The summed E-state index contributed by atoms with van der Waals surface area (Å²) in [5.74, 6) is -0.0721. The number of hydrogen-bond acceptors (Lipinski definition) is 4. The Kier molecular flexibility index (Phi) is 8.23. The molecular weight excluding hydrogens is 362 g/mol. The Hall–Kier alpha value is -2.21. The second-order valence-corrected chi connectivity index (χ2v) is 7.56. The van der Waals surface area contributed by atoms with Crippen molar-refractivity contribution < 1.29 is 9.53 Å². The third-order valence-corrected chi connectivity index (χ3v) is 5.51. The summed E-state index contributed by atoms with van der Waals surface area (Å²) in [6.45, 7) is 11.2. The highest BCUT2D eigenvalue weighted by Crippen LogP contribution is 2.17. The molecule has 0 bridgehead atoms. The van der Waals surface area contributed by atoms with E-state index < -0.39 is 0 Å². The molecule has 0 aromatic heterocycles. The Balaban J connectivity index is 1.47. The fraction of sp³-hybridized carbons (Fsp3) is 0.458. The molecule has 2 aromatic carbocycles. The van der Waals surface area contributed by atoms with Crippen LogP contribution in [0.15, 0.2) is 54.6 Å². The van der Waals surface area contributed by atoms with Gasteiger partial charge in [-0.1, -0.05) is 44.2 Å². The van der Waals surface area contributed by atoms with Crippen molar-refractivity contribution in [3.8, 4) is 0 Å². The molecule has 0 unspecified atom stereocenters. The molecule has 1 heterocycles. The molecule has 5 nitrogen and oxygen atoms in total. The molecule has 5 heteroatoms. The number of carbonyl (C=O) groups excluding carboxylic acids is 1. The molecule has 1 saturated heterocycles. The van der Waals surface area contributed by atoms with Gasteiger partial charge in [0.2, 0.25) is 0 Å². The minimum absolute atomic E-state index is 0.0721. The standard InChI is InChI=1S/C24H33N3O2/c1-3-26(4-2)15-16-29-23-13-14-27(19-23)18-20-9-8-10-21(17-20)24(28)25-22-11-6-5-7-12-22/h5-12,17,23H,3-4,13-16,18-19H2,1-2H3,(H,25,28)/t23-/m0/s1. The average Bonchev–Trinajstić information content (AvgIpc) is 3.19. The van der Waals surface area contributed by atoms with Crippen LogP contribution >= 0.6 is 0 Å². The monoisotopic (exact) mass is 395 g/mol. The summed E-state index contributed by atoms with van der Waals surface area (Å²) < 4.78 is 6.09. The fourth-order valence-electron chi connectivity index (χ4n) is 3.76. The number of likely N-dealkylation sites (tertiary alicyclic amines) is 1. The van der Waals surface area contributed by atoms with Crippen molar-refractivity contribution in [2.24, 2.45) is 0 Å². The van der Waals surface area contributed by atoms with Crippen LogP contribution in [0, 0.1) is 0 Å². The van der Waals surface area contributed by atoms with E-state index in [1.165, 1.54) is 0 Å². The van der Waals surface area contributed by atoms with Gasteiger partial charge in [-0.15, -0.1) is 0 Å². The van der Waals surface area contributed by atoms with Crippen molar-refractivity contribution >= 4 is 11.6 Å². The molecule has 1 aliphatic rings. The molecule has 2 aromatic rings. The fourth-order valence-corrected chi connectivity index (χ4v) is 3.76. The lowest BCUT2D eigenvalue weighted by Crippen LogP contribution is -2.29. The molecule has 1 fully saturated rings. The predicted molar refractivity (Wildman–Crippen MR) is 118 cm³/mol. The molecule has 1 aliphatic heterocycles. The number of nitrogens with one attached hydrogen (secondary N) is 1. The maximum atomic E-state index is 12.5. The molecular formula is C24H33N3O2. The second kappa shape index (κ2) is 11.1. The Morgan fingerprint density at radius 3 is 2.69 bits per heavy atom. The van der Waals surface area contributed by atoms with Crippen molar-refractivity contribution in [1.82, 2.24) is 9.80 Å². The number of nitrogens with zero attached hydrogens (tertiary/aromatic N) is 2. The van der Waals surface area contributed by atoms with Gasteiger partial charge in [0.05, 0.1) is 12.7 Å². The van der Waals surface area contributed by atoms with Crippen LogP contribution in [0.4, 0.5) is 5.69 Å². The van der Waals surface area contributed by atoms with Crippen LogP contribution in [0.5, 0.6) is 0 Å². The van der Waals surface area contributed by atoms with Gasteiger partial charge in [-0.2, -0.15) is 0 Å². The Morgan fingerprint density at radius 2 is 1.93 bits per heavy atom. The number of carbonyl (C=O) groups is 1. The minimum atomic E-state index is -0.0721. The van der Waals surface area contributed by atoms with E-state index in [9.17, 15) is 4.79 Å². The highest BCUT2D eigenvalue weighted by molar-refractivity contribution is 6.04.